The second-order valence-corrected chi connectivity index (χ2v) is 6.23. The van der Waals surface area contributed by atoms with Crippen LogP contribution in [0.5, 0.6) is 11.5 Å². The predicted molar refractivity (Wildman–Crippen MR) is 96.0 cm³/mol. The number of para-hydroxylation sites is 2. The summed E-state index contributed by atoms with van der Waals surface area (Å²) in [6.45, 7) is 3.65. The molecule has 0 aliphatic carbocycles. The van der Waals surface area contributed by atoms with Crippen molar-refractivity contribution in [1.29, 1.82) is 0 Å². The molecule has 0 bridgehead atoms. The first-order valence-corrected chi connectivity index (χ1v) is 8.65. The summed E-state index contributed by atoms with van der Waals surface area (Å²) in [5, 5.41) is 13.4. The van der Waals surface area contributed by atoms with Gasteiger partial charge in [-0.25, -0.2) is 0 Å². The van der Waals surface area contributed by atoms with Gasteiger partial charge in [0.1, 0.15) is 6.61 Å². The van der Waals surface area contributed by atoms with Crippen molar-refractivity contribution in [3.8, 4) is 11.5 Å². The van der Waals surface area contributed by atoms with Gasteiger partial charge in [-0.15, -0.1) is 0 Å². The van der Waals surface area contributed by atoms with Gasteiger partial charge in [-0.1, -0.05) is 42.5 Å². The molecule has 1 aliphatic heterocycles. The van der Waals surface area contributed by atoms with E-state index < -0.39 is 6.10 Å². The van der Waals surface area contributed by atoms with E-state index in [1.807, 2.05) is 42.5 Å². The number of hydrogen-bond donors (Lipinski definition) is 2. The molecule has 0 amide bonds. The molecule has 0 radical (unpaired) electrons. The molecule has 134 valence electrons. The average Bonchev–Trinajstić information content (AvgIpc) is 2.66. The van der Waals surface area contributed by atoms with Gasteiger partial charge in [0.15, 0.2) is 17.6 Å². The molecule has 2 aromatic rings. The normalized spacial score (nSPS) is 18.6. The summed E-state index contributed by atoms with van der Waals surface area (Å²) >= 11 is 0. The van der Waals surface area contributed by atoms with E-state index in [4.69, 9.17) is 14.2 Å². The molecule has 0 aromatic heterocycles. The molecule has 1 heterocycles. The van der Waals surface area contributed by atoms with Gasteiger partial charge in [0.25, 0.3) is 0 Å². The lowest BCUT2D eigenvalue weighted by Crippen LogP contribution is -2.36. The Morgan fingerprint density at radius 2 is 1.84 bits per heavy atom. The van der Waals surface area contributed by atoms with Crippen molar-refractivity contribution < 1.29 is 19.3 Å². The van der Waals surface area contributed by atoms with Crippen LogP contribution in [-0.4, -0.2) is 43.7 Å². The molecule has 5 nitrogen and oxygen atoms in total. The SMILES string of the molecule is C[C@H](NC[C@H](O)COC[C@@H]1COc2ccccc2O1)c1ccccc1. The van der Waals surface area contributed by atoms with Crippen LogP contribution < -0.4 is 14.8 Å². The Hall–Kier alpha value is -2.08. The van der Waals surface area contributed by atoms with Crippen LogP contribution >= 0.6 is 0 Å². The quantitative estimate of drug-likeness (QED) is 0.771. The fourth-order valence-electron chi connectivity index (χ4n) is 2.71. The van der Waals surface area contributed by atoms with Crippen molar-refractivity contribution in [1.82, 2.24) is 5.32 Å². The highest BCUT2D eigenvalue weighted by Gasteiger charge is 2.21. The molecule has 2 N–H and O–H groups in total. The highest BCUT2D eigenvalue weighted by molar-refractivity contribution is 5.40. The summed E-state index contributed by atoms with van der Waals surface area (Å²) in [5.74, 6) is 1.50. The molecule has 3 rings (SSSR count). The maximum Gasteiger partial charge on any atom is 0.161 e. The van der Waals surface area contributed by atoms with Gasteiger partial charge in [0.05, 0.1) is 19.3 Å². The molecule has 0 unspecified atom stereocenters. The van der Waals surface area contributed by atoms with E-state index >= 15 is 0 Å². The zero-order valence-electron chi connectivity index (χ0n) is 14.4. The van der Waals surface area contributed by atoms with E-state index in [1.54, 1.807) is 0 Å². The Kier molecular flexibility index (Phi) is 6.28. The second kappa shape index (κ2) is 8.85. The number of fused-ring (bicyclic) bond motifs is 1. The van der Waals surface area contributed by atoms with Crippen LogP contribution in [0, 0.1) is 0 Å². The van der Waals surface area contributed by atoms with Gasteiger partial charge in [-0.2, -0.15) is 0 Å². The summed E-state index contributed by atoms with van der Waals surface area (Å²) < 4.78 is 17.1. The second-order valence-electron chi connectivity index (χ2n) is 6.23. The molecular formula is C20H25NO4. The zero-order chi connectivity index (χ0) is 17.5. The van der Waals surface area contributed by atoms with Crippen molar-refractivity contribution in [3.63, 3.8) is 0 Å². The maximum absolute atomic E-state index is 10.1. The number of aliphatic hydroxyl groups excluding tert-OH is 1. The summed E-state index contributed by atoms with van der Waals surface area (Å²) in [7, 11) is 0. The maximum atomic E-state index is 10.1. The van der Waals surface area contributed by atoms with E-state index in [0.29, 0.717) is 19.8 Å². The lowest BCUT2D eigenvalue weighted by Gasteiger charge is -2.26. The largest absolute Gasteiger partial charge is 0.486 e. The molecule has 0 saturated heterocycles. The van der Waals surface area contributed by atoms with Crippen LogP contribution in [0.1, 0.15) is 18.5 Å². The Morgan fingerprint density at radius 1 is 1.12 bits per heavy atom. The summed E-state index contributed by atoms with van der Waals surface area (Å²) in [5.41, 5.74) is 1.20. The van der Waals surface area contributed by atoms with Gasteiger partial charge in [-0.3, -0.25) is 0 Å². The minimum Gasteiger partial charge on any atom is -0.486 e. The predicted octanol–water partition coefficient (Wildman–Crippen LogP) is 2.55. The first kappa shape index (κ1) is 17.7. The van der Waals surface area contributed by atoms with E-state index in [-0.39, 0.29) is 18.8 Å². The number of rotatable bonds is 8. The molecule has 1 aliphatic rings. The molecule has 0 spiro atoms. The first-order chi connectivity index (χ1) is 12.2. The van der Waals surface area contributed by atoms with E-state index in [9.17, 15) is 5.11 Å². The molecule has 2 aromatic carbocycles. The highest BCUT2D eigenvalue weighted by atomic mass is 16.6. The van der Waals surface area contributed by atoms with Crippen molar-refractivity contribution in [2.45, 2.75) is 25.2 Å². The number of ether oxygens (including phenoxy) is 3. The van der Waals surface area contributed by atoms with Crippen molar-refractivity contribution in [3.05, 3.63) is 60.2 Å². The molecule has 0 saturated carbocycles. The summed E-state index contributed by atoms with van der Waals surface area (Å²) in [6, 6.07) is 17.9. The monoisotopic (exact) mass is 343 g/mol. The van der Waals surface area contributed by atoms with Crippen LogP contribution in [0.3, 0.4) is 0 Å². The van der Waals surface area contributed by atoms with Crippen LogP contribution in [0.25, 0.3) is 0 Å². The lowest BCUT2D eigenvalue weighted by molar-refractivity contribution is -0.0215. The minimum atomic E-state index is -0.567. The first-order valence-electron chi connectivity index (χ1n) is 8.65. The van der Waals surface area contributed by atoms with Gasteiger partial charge in [-0.05, 0) is 24.6 Å². The third kappa shape index (κ3) is 5.19. The zero-order valence-corrected chi connectivity index (χ0v) is 14.4. The molecule has 3 atom stereocenters. The Balaban J connectivity index is 1.34. The molecule has 0 fully saturated rings. The van der Waals surface area contributed by atoms with Crippen LogP contribution in [0.4, 0.5) is 0 Å². The van der Waals surface area contributed by atoms with Gasteiger partial charge < -0.3 is 24.6 Å². The Morgan fingerprint density at radius 3 is 2.64 bits per heavy atom. The van der Waals surface area contributed by atoms with Crippen molar-refractivity contribution in [2.75, 3.05) is 26.4 Å². The average molecular weight is 343 g/mol. The van der Waals surface area contributed by atoms with Crippen LogP contribution in [0.2, 0.25) is 0 Å². The van der Waals surface area contributed by atoms with Crippen LogP contribution in [-0.2, 0) is 4.74 Å². The number of aliphatic hydroxyl groups is 1. The van der Waals surface area contributed by atoms with Gasteiger partial charge >= 0.3 is 0 Å². The standard InChI is InChI=1S/C20H25NO4/c1-15(16-7-3-2-4-8-16)21-11-17(22)12-23-13-18-14-24-19-9-5-6-10-20(19)25-18/h2-10,15,17-18,21-22H,11-14H2,1H3/t15-,17-,18+/m0/s1. The Bertz CT molecular complexity index is 649. The summed E-state index contributed by atoms with van der Waals surface area (Å²) in [6.07, 6.45) is -0.721. The van der Waals surface area contributed by atoms with Gasteiger partial charge in [0.2, 0.25) is 0 Å². The van der Waals surface area contributed by atoms with Gasteiger partial charge in [0, 0.05) is 12.6 Å². The third-order valence-corrected chi connectivity index (χ3v) is 4.14. The lowest BCUT2D eigenvalue weighted by atomic mass is 10.1. The molecule has 25 heavy (non-hydrogen) atoms. The smallest absolute Gasteiger partial charge is 0.161 e. The van der Waals surface area contributed by atoms with Crippen LogP contribution in [0.15, 0.2) is 54.6 Å². The number of nitrogens with one attached hydrogen (secondary N) is 1. The van der Waals surface area contributed by atoms with Crippen molar-refractivity contribution in [2.24, 2.45) is 0 Å². The number of benzene rings is 2. The summed E-state index contributed by atoms with van der Waals surface area (Å²) in [4.78, 5) is 0. The van der Waals surface area contributed by atoms with E-state index in [0.717, 1.165) is 11.5 Å². The van der Waals surface area contributed by atoms with E-state index in [1.165, 1.54) is 5.56 Å². The fourth-order valence-corrected chi connectivity index (χ4v) is 2.71. The fraction of sp³-hybridized carbons (Fsp3) is 0.400. The Labute approximate surface area is 148 Å². The highest BCUT2D eigenvalue weighted by Crippen LogP contribution is 2.30. The number of hydrogen-bond acceptors (Lipinski definition) is 5. The van der Waals surface area contributed by atoms with Crippen molar-refractivity contribution >= 4 is 0 Å². The topological polar surface area (TPSA) is 60.0 Å². The van der Waals surface area contributed by atoms with E-state index in [2.05, 4.69) is 24.4 Å². The molecular weight excluding hydrogens is 318 g/mol. The molecule has 5 heteroatoms. The minimum absolute atomic E-state index is 0.154. The third-order valence-electron chi connectivity index (χ3n) is 4.14.